The number of rotatable bonds is 1. The van der Waals surface area contributed by atoms with Gasteiger partial charge in [-0.1, -0.05) is 0 Å². The lowest BCUT2D eigenvalue weighted by Gasteiger charge is -2.23. The molecule has 7 heteroatoms. The molecule has 78 valence electrons. The molecule has 13 heavy (non-hydrogen) atoms. The summed E-state index contributed by atoms with van der Waals surface area (Å²) in [6.07, 6.45) is 0.713. The van der Waals surface area contributed by atoms with Crippen LogP contribution >= 0.6 is 10.7 Å². The van der Waals surface area contributed by atoms with Crippen LogP contribution in [0.25, 0.3) is 0 Å². The van der Waals surface area contributed by atoms with Gasteiger partial charge in [0.25, 0.3) is 0 Å². The maximum absolute atomic E-state index is 11.3. The molecule has 0 saturated carbocycles. The topological polar surface area (TPSA) is 68.3 Å². The first kappa shape index (κ1) is 11.3. The van der Waals surface area contributed by atoms with Crippen molar-refractivity contribution in [3.8, 4) is 0 Å². The Balaban J connectivity index is 2.91. The molecule has 1 saturated heterocycles. The van der Waals surface area contributed by atoms with E-state index in [4.69, 9.17) is 10.7 Å². The molecule has 1 aliphatic heterocycles. The first-order chi connectivity index (χ1) is 5.73. The van der Waals surface area contributed by atoms with Crippen LogP contribution in [-0.2, 0) is 18.9 Å². The highest BCUT2D eigenvalue weighted by molar-refractivity contribution is 8.14. The summed E-state index contributed by atoms with van der Waals surface area (Å²) in [5.74, 6) is -0.333. The second kappa shape index (κ2) is 3.40. The van der Waals surface area contributed by atoms with E-state index in [9.17, 15) is 16.8 Å². The Bertz CT molecular complexity index is 383. The van der Waals surface area contributed by atoms with Gasteiger partial charge in [-0.05, 0) is 19.8 Å². The smallest absolute Gasteiger partial charge is 0.229 e. The Kier molecular flexibility index (Phi) is 2.95. The van der Waals surface area contributed by atoms with Crippen molar-refractivity contribution in [3.63, 3.8) is 0 Å². The Morgan fingerprint density at radius 3 is 2.23 bits per heavy atom. The molecule has 0 spiro atoms. The van der Waals surface area contributed by atoms with Crippen LogP contribution in [0.3, 0.4) is 0 Å². The molecule has 2 atom stereocenters. The van der Waals surface area contributed by atoms with Crippen molar-refractivity contribution in [2.45, 2.75) is 30.3 Å². The first-order valence-electron chi connectivity index (χ1n) is 3.88. The lowest BCUT2D eigenvalue weighted by molar-refractivity contribution is 0.538. The molecule has 0 aromatic heterocycles. The van der Waals surface area contributed by atoms with Gasteiger partial charge in [0.1, 0.15) is 0 Å². The second-order valence-corrected chi connectivity index (χ2v) is 8.69. The van der Waals surface area contributed by atoms with E-state index >= 15 is 0 Å². The van der Waals surface area contributed by atoms with E-state index in [0.29, 0.717) is 12.8 Å². The van der Waals surface area contributed by atoms with Gasteiger partial charge in [0.2, 0.25) is 9.05 Å². The molecule has 1 aliphatic rings. The highest BCUT2D eigenvalue weighted by Gasteiger charge is 2.37. The highest BCUT2D eigenvalue weighted by atomic mass is 35.7. The molecule has 0 N–H and O–H groups in total. The zero-order valence-electron chi connectivity index (χ0n) is 7.10. The van der Waals surface area contributed by atoms with Crippen LogP contribution in [0.1, 0.15) is 19.8 Å². The van der Waals surface area contributed by atoms with E-state index < -0.39 is 29.4 Å². The lowest BCUT2D eigenvalue weighted by atomic mass is 10.2. The molecule has 0 aromatic rings. The summed E-state index contributed by atoms with van der Waals surface area (Å²) in [5, 5.41) is -1.36. The molecule has 1 fully saturated rings. The number of sulfone groups is 1. The van der Waals surface area contributed by atoms with Gasteiger partial charge in [0.15, 0.2) is 9.84 Å². The van der Waals surface area contributed by atoms with Gasteiger partial charge in [0, 0.05) is 10.7 Å². The standard InChI is InChI=1S/C6H11ClO4S2/c1-5-2-3-6(13(7,10)11)4-12(5,8)9/h5-6H,2-4H2,1H3/t5-,6-/m0/s1. The molecule has 1 heterocycles. The highest BCUT2D eigenvalue weighted by Crippen LogP contribution is 2.25. The molecule has 0 amide bonds. The van der Waals surface area contributed by atoms with Crippen molar-refractivity contribution in [1.82, 2.24) is 0 Å². The van der Waals surface area contributed by atoms with Gasteiger partial charge in [0.05, 0.1) is 16.3 Å². The van der Waals surface area contributed by atoms with Gasteiger partial charge in [-0.25, -0.2) is 16.8 Å². The van der Waals surface area contributed by atoms with E-state index in [1.807, 2.05) is 0 Å². The quantitative estimate of drug-likeness (QED) is 0.633. The minimum absolute atomic E-state index is 0.333. The normalized spacial score (nSPS) is 34.3. The van der Waals surface area contributed by atoms with Gasteiger partial charge in [-0.15, -0.1) is 0 Å². The number of hydrogen-bond donors (Lipinski definition) is 0. The Morgan fingerprint density at radius 1 is 1.31 bits per heavy atom. The fraction of sp³-hybridized carbons (Fsp3) is 1.00. The van der Waals surface area contributed by atoms with E-state index in [2.05, 4.69) is 0 Å². The van der Waals surface area contributed by atoms with Crippen molar-refractivity contribution in [1.29, 1.82) is 0 Å². The Morgan fingerprint density at radius 2 is 1.85 bits per heavy atom. The zero-order valence-corrected chi connectivity index (χ0v) is 9.49. The predicted octanol–water partition coefficient (Wildman–Crippen LogP) is 0.521. The van der Waals surface area contributed by atoms with Crippen LogP contribution in [0, 0.1) is 0 Å². The van der Waals surface area contributed by atoms with Gasteiger partial charge in [-0.3, -0.25) is 0 Å². The maximum atomic E-state index is 11.3. The molecule has 0 bridgehead atoms. The summed E-state index contributed by atoms with van der Waals surface area (Å²) < 4.78 is 44.4. The lowest BCUT2D eigenvalue weighted by Crippen LogP contribution is -2.37. The van der Waals surface area contributed by atoms with Gasteiger partial charge >= 0.3 is 0 Å². The third-order valence-corrected chi connectivity index (χ3v) is 6.82. The van der Waals surface area contributed by atoms with Crippen molar-refractivity contribution >= 4 is 29.6 Å². The van der Waals surface area contributed by atoms with Crippen LogP contribution in [0.15, 0.2) is 0 Å². The van der Waals surface area contributed by atoms with Crippen LogP contribution in [-0.4, -0.2) is 33.1 Å². The van der Waals surface area contributed by atoms with Crippen LogP contribution in [0.4, 0.5) is 0 Å². The van der Waals surface area contributed by atoms with E-state index in [1.165, 1.54) is 0 Å². The molecular weight excluding hydrogens is 236 g/mol. The second-order valence-electron chi connectivity index (χ2n) is 3.32. The summed E-state index contributed by atoms with van der Waals surface area (Å²) >= 11 is 0. The van der Waals surface area contributed by atoms with Gasteiger partial charge < -0.3 is 0 Å². The molecular formula is C6H11ClO4S2. The molecule has 1 rings (SSSR count). The summed E-state index contributed by atoms with van der Waals surface area (Å²) in [4.78, 5) is 0. The number of halogens is 1. The van der Waals surface area contributed by atoms with Crippen LogP contribution in [0.2, 0.25) is 0 Å². The Labute approximate surface area is 82.6 Å². The monoisotopic (exact) mass is 246 g/mol. The van der Waals surface area contributed by atoms with Crippen molar-refractivity contribution in [3.05, 3.63) is 0 Å². The minimum Gasteiger partial charge on any atom is -0.229 e. The molecule has 0 radical (unpaired) electrons. The van der Waals surface area contributed by atoms with Crippen LogP contribution < -0.4 is 0 Å². The van der Waals surface area contributed by atoms with Crippen molar-refractivity contribution in [2.24, 2.45) is 0 Å². The summed E-state index contributed by atoms with van der Waals surface area (Å²) in [5.41, 5.74) is 0. The first-order valence-corrected chi connectivity index (χ1v) is 7.97. The van der Waals surface area contributed by atoms with Crippen LogP contribution in [0.5, 0.6) is 0 Å². The van der Waals surface area contributed by atoms with Crippen molar-refractivity contribution in [2.75, 3.05) is 5.75 Å². The molecule has 0 unspecified atom stereocenters. The summed E-state index contributed by atoms with van der Waals surface area (Å²) in [6, 6.07) is 0. The van der Waals surface area contributed by atoms with E-state index in [-0.39, 0.29) is 5.75 Å². The molecule has 0 aromatic carbocycles. The molecule has 0 aliphatic carbocycles. The minimum atomic E-state index is -3.73. The SMILES string of the molecule is C[C@H]1CC[C@H](S(=O)(=O)Cl)CS1(=O)=O. The average Bonchev–Trinajstić information content (AvgIpc) is 1.92. The third-order valence-electron chi connectivity index (χ3n) is 2.32. The predicted molar refractivity (Wildman–Crippen MR) is 51.0 cm³/mol. The van der Waals surface area contributed by atoms with Gasteiger partial charge in [-0.2, -0.15) is 0 Å². The van der Waals surface area contributed by atoms with Crippen molar-refractivity contribution < 1.29 is 16.8 Å². The molecule has 4 nitrogen and oxygen atoms in total. The van der Waals surface area contributed by atoms with E-state index in [0.717, 1.165) is 0 Å². The maximum Gasteiger partial charge on any atom is 0.236 e. The fourth-order valence-corrected chi connectivity index (χ4v) is 5.20. The zero-order chi connectivity index (χ0) is 10.3. The Hall–Kier alpha value is 0.190. The fourth-order valence-electron chi connectivity index (χ4n) is 1.33. The largest absolute Gasteiger partial charge is 0.236 e. The number of hydrogen-bond acceptors (Lipinski definition) is 4. The summed E-state index contributed by atoms with van der Waals surface area (Å²) in [6.45, 7) is 1.59. The summed E-state index contributed by atoms with van der Waals surface area (Å²) in [7, 11) is -1.89. The average molecular weight is 247 g/mol. The third kappa shape index (κ3) is 2.57. The van der Waals surface area contributed by atoms with E-state index in [1.54, 1.807) is 6.92 Å².